The minimum atomic E-state index is -0.0784. The van der Waals surface area contributed by atoms with Gasteiger partial charge in [-0.15, -0.1) is 0 Å². The van der Waals surface area contributed by atoms with Crippen molar-refractivity contribution in [3.63, 3.8) is 0 Å². The Labute approximate surface area is 153 Å². The normalized spacial score (nSPS) is 14.3. The molecule has 2 atom stereocenters. The maximum Gasteiger partial charge on any atom is 2.00 e. The van der Waals surface area contributed by atoms with Crippen molar-refractivity contribution in [1.29, 1.82) is 0 Å². The van der Waals surface area contributed by atoms with E-state index in [0.717, 1.165) is 0 Å². The Balaban J connectivity index is -0.00000112. The molecule has 0 rings (SSSR count). The summed E-state index contributed by atoms with van der Waals surface area (Å²) in [7, 11) is 5.62. The monoisotopic (exact) mass is 416 g/mol. The number of nitrogens with one attached hydrogen (secondary N) is 1. The second kappa shape index (κ2) is 9.79. The van der Waals surface area contributed by atoms with Crippen LogP contribution < -0.4 is 5.32 Å². The molecule has 0 bridgehead atoms. The van der Waals surface area contributed by atoms with Crippen LogP contribution in [-0.4, -0.2) is 29.4 Å². The maximum atomic E-state index is 11.9. The fraction of sp³-hybridized carbons (Fsp3) is 0.786. The summed E-state index contributed by atoms with van der Waals surface area (Å²) in [5.74, 6) is 0.576. The molecule has 3 nitrogen and oxygen atoms in total. The summed E-state index contributed by atoms with van der Waals surface area (Å²) in [5, 5.41) is 3.06. The fourth-order valence-corrected chi connectivity index (χ4v) is 1.71. The first-order chi connectivity index (χ1) is 7.15. The summed E-state index contributed by atoms with van der Waals surface area (Å²) in [5.41, 5.74) is -0.0784. The minimum absolute atomic E-state index is 0. The van der Waals surface area contributed by atoms with Crippen molar-refractivity contribution in [2.24, 2.45) is 11.8 Å². The standard InChI is InChI=1S/C13H27N2O.CH3.Yb/c1-9(2)12(16)15(8)11(4)10(3)13(5,6)14-7;;/h9-11,14H,7H2,1-6,8H3;1H3;/q2*-1;+2. The average molecular weight is 415 g/mol. The molecule has 1 N–H and O–H groups in total. The summed E-state index contributed by atoms with van der Waals surface area (Å²) in [4.78, 5) is 13.7. The molecule has 0 aromatic rings. The van der Waals surface area contributed by atoms with E-state index in [4.69, 9.17) is 0 Å². The Morgan fingerprint density at radius 3 is 1.89 bits per heavy atom. The molecule has 0 saturated carbocycles. The number of carbonyl (C=O) groups excluding carboxylic acids is 1. The van der Waals surface area contributed by atoms with Gasteiger partial charge in [-0.25, -0.2) is 0 Å². The molecule has 1 amide bonds. The first-order valence-corrected chi connectivity index (χ1v) is 5.96. The van der Waals surface area contributed by atoms with Crippen LogP contribution in [0.25, 0.3) is 0 Å². The van der Waals surface area contributed by atoms with E-state index in [9.17, 15) is 4.79 Å². The topological polar surface area (TPSA) is 32.3 Å². The zero-order valence-corrected chi connectivity index (χ0v) is 14.8. The van der Waals surface area contributed by atoms with Gasteiger partial charge in [-0.05, 0) is 32.2 Å². The van der Waals surface area contributed by atoms with E-state index < -0.39 is 0 Å². The van der Waals surface area contributed by atoms with Crippen LogP contribution in [-0.2, 0) is 4.79 Å². The molecule has 0 aliphatic heterocycles. The van der Waals surface area contributed by atoms with Crippen molar-refractivity contribution >= 4 is 5.91 Å². The molecule has 0 heterocycles. The van der Waals surface area contributed by atoms with Crippen LogP contribution in [0, 0.1) is 73.2 Å². The van der Waals surface area contributed by atoms with Gasteiger partial charge in [0.15, 0.2) is 0 Å². The Bertz CT molecular complexity index is 242. The van der Waals surface area contributed by atoms with E-state index in [2.05, 4.69) is 40.1 Å². The Morgan fingerprint density at radius 1 is 1.22 bits per heavy atom. The Hall–Kier alpha value is 0.949. The number of nitrogens with zero attached hydrogens (tertiary/aromatic N) is 1. The maximum absolute atomic E-state index is 11.9. The van der Waals surface area contributed by atoms with E-state index in [-0.39, 0.29) is 77.8 Å². The van der Waals surface area contributed by atoms with Gasteiger partial charge in [0, 0.05) is 19.0 Å². The summed E-state index contributed by atoms with van der Waals surface area (Å²) in [6, 6.07) is 0.194. The third-order valence-corrected chi connectivity index (χ3v) is 3.77. The fourth-order valence-electron chi connectivity index (χ4n) is 1.71. The van der Waals surface area contributed by atoms with Gasteiger partial charge in [-0.2, -0.15) is 0 Å². The first-order valence-electron chi connectivity index (χ1n) is 5.96. The van der Waals surface area contributed by atoms with Crippen molar-refractivity contribution in [2.45, 2.75) is 53.1 Å². The molecule has 2 unspecified atom stereocenters. The summed E-state index contributed by atoms with van der Waals surface area (Å²) in [6.07, 6.45) is 0. The minimum Gasteiger partial charge on any atom is -0.468 e. The van der Waals surface area contributed by atoms with E-state index >= 15 is 0 Å². The summed E-state index contributed by atoms with van der Waals surface area (Å²) >= 11 is 0. The molecule has 0 saturated heterocycles. The van der Waals surface area contributed by atoms with Crippen LogP contribution >= 0.6 is 0 Å². The van der Waals surface area contributed by atoms with E-state index in [0.29, 0.717) is 5.92 Å². The third kappa shape index (κ3) is 6.40. The van der Waals surface area contributed by atoms with Crippen molar-refractivity contribution in [2.75, 3.05) is 7.05 Å². The van der Waals surface area contributed by atoms with Gasteiger partial charge in [-0.3, -0.25) is 11.8 Å². The van der Waals surface area contributed by atoms with Gasteiger partial charge < -0.3 is 17.6 Å². The van der Waals surface area contributed by atoms with Gasteiger partial charge in [0.1, 0.15) is 0 Å². The van der Waals surface area contributed by atoms with Gasteiger partial charge in [0.05, 0.1) is 0 Å². The van der Waals surface area contributed by atoms with Crippen LogP contribution in [0.2, 0.25) is 0 Å². The second-order valence-electron chi connectivity index (χ2n) is 5.53. The molecule has 0 aliphatic carbocycles. The average Bonchev–Trinajstić information content (AvgIpc) is 2.24. The van der Waals surface area contributed by atoms with Crippen molar-refractivity contribution in [1.82, 2.24) is 10.2 Å². The first kappa shape index (κ1) is 24.0. The predicted molar refractivity (Wildman–Crippen MR) is 75.2 cm³/mol. The van der Waals surface area contributed by atoms with Gasteiger partial charge in [-0.1, -0.05) is 20.8 Å². The summed E-state index contributed by atoms with van der Waals surface area (Å²) in [6.45, 7) is 12.3. The smallest absolute Gasteiger partial charge is 0.468 e. The number of hydrogen-bond donors (Lipinski definition) is 1. The van der Waals surface area contributed by atoms with Crippen molar-refractivity contribution < 1.29 is 51.7 Å². The quantitative estimate of drug-likeness (QED) is 0.701. The number of hydrogen-bond acceptors (Lipinski definition) is 2. The van der Waals surface area contributed by atoms with E-state index in [1.807, 2.05) is 25.8 Å². The Kier molecular flexibility index (Phi) is 13.1. The predicted octanol–water partition coefficient (Wildman–Crippen LogP) is 2.74. The Morgan fingerprint density at radius 2 is 1.61 bits per heavy atom. The zero-order chi connectivity index (χ0) is 13.1. The largest absolute Gasteiger partial charge is 2.00 e. The van der Waals surface area contributed by atoms with Crippen molar-refractivity contribution in [3.8, 4) is 0 Å². The molecular weight excluding hydrogens is 385 g/mol. The van der Waals surface area contributed by atoms with Gasteiger partial charge in [0.25, 0.3) is 0 Å². The van der Waals surface area contributed by atoms with Crippen LogP contribution in [0.3, 0.4) is 0 Å². The second-order valence-corrected chi connectivity index (χ2v) is 5.53. The third-order valence-electron chi connectivity index (χ3n) is 3.77. The molecule has 0 fully saturated rings. The SMILES string of the molecule is [CH2-]NC(C)(C)C(C)C(C)N(C)C(=O)C(C)C.[CH3-].[Yb+2]. The number of carbonyl (C=O) groups is 1. The molecule has 0 aromatic heterocycles. The van der Waals surface area contributed by atoms with E-state index in [1.54, 1.807) is 0 Å². The number of rotatable bonds is 5. The summed E-state index contributed by atoms with van der Waals surface area (Å²) < 4.78 is 0. The molecule has 0 radical (unpaired) electrons. The van der Waals surface area contributed by atoms with Crippen LogP contribution in [0.15, 0.2) is 0 Å². The molecule has 0 spiro atoms. The molecule has 0 aliphatic rings. The van der Waals surface area contributed by atoms with Crippen LogP contribution in [0.5, 0.6) is 0 Å². The van der Waals surface area contributed by atoms with Gasteiger partial charge in [0.2, 0.25) is 5.91 Å². The molecular formula is C14H30N2OYb. The van der Waals surface area contributed by atoms with Crippen LogP contribution in [0.4, 0.5) is 0 Å². The zero-order valence-electron chi connectivity index (χ0n) is 13.1. The molecule has 116 valence electrons. The van der Waals surface area contributed by atoms with Gasteiger partial charge >= 0.3 is 46.9 Å². The molecule has 0 aromatic carbocycles. The molecule has 4 heteroatoms. The van der Waals surface area contributed by atoms with Crippen molar-refractivity contribution in [3.05, 3.63) is 14.5 Å². The van der Waals surface area contributed by atoms with E-state index in [1.165, 1.54) is 0 Å². The molecule has 18 heavy (non-hydrogen) atoms. The van der Waals surface area contributed by atoms with Crippen LogP contribution in [0.1, 0.15) is 41.5 Å². The number of amides is 1.